The second-order valence-corrected chi connectivity index (χ2v) is 3.48. The molecule has 0 fully saturated rings. The van der Waals surface area contributed by atoms with Gasteiger partial charge >= 0.3 is 5.69 Å². The lowest BCUT2D eigenvalue weighted by atomic mass is 10.3. The van der Waals surface area contributed by atoms with Crippen molar-refractivity contribution in [3.8, 4) is 5.88 Å². The van der Waals surface area contributed by atoms with Crippen molar-refractivity contribution in [2.24, 2.45) is 5.73 Å². The van der Waals surface area contributed by atoms with Gasteiger partial charge in [0, 0.05) is 25.1 Å². The maximum atomic E-state index is 10.8. The first-order chi connectivity index (χ1) is 8.54. The number of aromatic nitrogens is 1. The minimum Gasteiger partial charge on any atom is -0.481 e. The highest BCUT2D eigenvalue weighted by Gasteiger charge is 2.15. The van der Waals surface area contributed by atoms with E-state index >= 15 is 0 Å². The van der Waals surface area contributed by atoms with Gasteiger partial charge in [0.2, 0.25) is 17.6 Å². The summed E-state index contributed by atoms with van der Waals surface area (Å²) in [5.41, 5.74) is 4.84. The van der Waals surface area contributed by atoms with Crippen molar-refractivity contribution in [1.29, 1.82) is 0 Å². The Morgan fingerprint density at radius 2 is 2.33 bits per heavy atom. The first-order valence-corrected chi connectivity index (χ1v) is 5.26. The average molecular weight is 254 g/mol. The highest BCUT2D eigenvalue weighted by molar-refractivity contribution is 5.73. The number of nitrogens with zero attached hydrogens (tertiary/aromatic N) is 2. The molecule has 8 nitrogen and oxygen atoms in total. The summed E-state index contributed by atoms with van der Waals surface area (Å²) < 4.78 is 4.89. The summed E-state index contributed by atoms with van der Waals surface area (Å²) in [6.07, 6.45) is 0.691. The topological polar surface area (TPSA) is 120 Å². The standard InChI is InChI=1S/C10H14N4O4/c1-18-9-5-4-7(14(16)17)10(13-9)12-6-2-3-8(11)15/h4-5H,2-3,6H2,1H3,(H2,11,15)(H,12,13). The van der Waals surface area contributed by atoms with Gasteiger partial charge in [0.25, 0.3) is 0 Å². The molecule has 98 valence electrons. The number of methoxy groups -OCH3 is 1. The molecule has 0 bridgehead atoms. The van der Waals surface area contributed by atoms with Crippen LogP contribution in [-0.2, 0) is 4.79 Å². The Morgan fingerprint density at radius 3 is 2.89 bits per heavy atom. The minimum absolute atomic E-state index is 0.115. The third-order valence-electron chi connectivity index (χ3n) is 2.15. The molecule has 1 aromatic rings. The summed E-state index contributed by atoms with van der Waals surface area (Å²) in [7, 11) is 1.42. The molecule has 3 N–H and O–H groups in total. The van der Waals surface area contributed by atoms with Crippen LogP contribution in [0.4, 0.5) is 11.5 Å². The number of pyridine rings is 1. The van der Waals surface area contributed by atoms with Crippen LogP contribution in [0.5, 0.6) is 5.88 Å². The Bertz CT molecular complexity index is 450. The number of nitrogens with two attached hydrogens (primary N) is 1. The summed E-state index contributed by atoms with van der Waals surface area (Å²) >= 11 is 0. The van der Waals surface area contributed by atoms with Gasteiger partial charge in [-0.15, -0.1) is 0 Å². The van der Waals surface area contributed by atoms with Gasteiger partial charge in [0.15, 0.2) is 0 Å². The lowest BCUT2D eigenvalue weighted by molar-refractivity contribution is -0.384. The highest BCUT2D eigenvalue weighted by Crippen LogP contribution is 2.24. The van der Waals surface area contributed by atoms with Gasteiger partial charge in [-0.25, -0.2) is 0 Å². The minimum atomic E-state index is -0.539. The van der Waals surface area contributed by atoms with E-state index in [4.69, 9.17) is 10.5 Å². The molecule has 1 aromatic heterocycles. The first-order valence-electron chi connectivity index (χ1n) is 5.26. The van der Waals surface area contributed by atoms with Gasteiger partial charge in [0.05, 0.1) is 12.0 Å². The molecule has 1 amide bonds. The zero-order chi connectivity index (χ0) is 13.5. The second kappa shape index (κ2) is 6.38. The monoisotopic (exact) mass is 254 g/mol. The Labute approximate surface area is 103 Å². The molecular formula is C10H14N4O4. The van der Waals surface area contributed by atoms with E-state index in [0.717, 1.165) is 0 Å². The van der Waals surface area contributed by atoms with Crippen LogP contribution in [0.15, 0.2) is 12.1 Å². The predicted octanol–water partition coefficient (Wildman–Crippen LogP) is 0.676. The molecule has 0 atom stereocenters. The zero-order valence-electron chi connectivity index (χ0n) is 9.88. The smallest absolute Gasteiger partial charge is 0.311 e. The van der Waals surface area contributed by atoms with Crippen molar-refractivity contribution in [2.45, 2.75) is 12.8 Å². The normalized spacial score (nSPS) is 9.83. The Hall–Kier alpha value is -2.38. The maximum absolute atomic E-state index is 10.8. The molecule has 0 saturated heterocycles. The molecule has 0 aliphatic heterocycles. The number of nitro groups is 1. The summed E-state index contributed by atoms with van der Waals surface area (Å²) in [6, 6.07) is 2.72. The fraction of sp³-hybridized carbons (Fsp3) is 0.400. The van der Waals surface area contributed by atoms with E-state index in [1.54, 1.807) is 0 Å². The fourth-order valence-electron chi connectivity index (χ4n) is 1.29. The largest absolute Gasteiger partial charge is 0.481 e. The van der Waals surface area contributed by atoms with E-state index < -0.39 is 10.8 Å². The number of carbonyl (C=O) groups is 1. The van der Waals surface area contributed by atoms with Crippen LogP contribution in [0.2, 0.25) is 0 Å². The summed E-state index contributed by atoms with van der Waals surface area (Å²) in [6.45, 7) is 0.365. The first kappa shape index (κ1) is 13.7. The molecule has 1 rings (SSSR count). The molecule has 0 aliphatic carbocycles. The van der Waals surface area contributed by atoms with Crippen LogP contribution in [0.1, 0.15) is 12.8 Å². The van der Waals surface area contributed by atoms with Crippen molar-refractivity contribution < 1.29 is 14.5 Å². The molecule has 0 aromatic carbocycles. The summed E-state index contributed by atoms with van der Waals surface area (Å²) in [4.78, 5) is 24.7. The van der Waals surface area contributed by atoms with Crippen LogP contribution >= 0.6 is 0 Å². The van der Waals surface area contributed by atoms with Gasteiger partial charge in [-0.05, 0) is 6.42 Å². The number of carbonyl (C=O) groups excluding carboxylic acids is 1. The molecule has 0 saturated carbocycles. The van der Waals surface area contributed by atoms with Gasteiger partial charge in [-0.1, -0.05) is 0 Å². The number of nitrogens with one attached hydrogen (secondary N) is 1. The number of anilines is 1. The lowest BCUT2D eigenvalue weighted by Gasteiger charge is -2.07. The maximum Gasteiger partial charge on any atom is 0.311 e. The third-order valence-corrected chi connectivity index (χ3v) is 2.15. The molecule has 0 radical (unpaired) electrons. The number of hydrogen-bond acceptors (Lipinski definition) is 6. The third kappa shape index (κ3) is 3.89. The molecule has 8 heteroatoms. The van der Waals surface area contributed by atoms with Crippen LogP contribution < -0.4 is 15.8 Å². The Balaban J connectivity index is 2.71. The quantitative estimate of drug-likeness (QED) is 0.419. The summed E-state index contributed by atoms with van der Waals surface area (Å²) in [5, 5.41) is 13.6. The van der Waals surface area contributed by atoms with Gasteiger partial charge in [-0.2, -0.15) is 4.98 Å². The SMILES string of the molecule is COc1ccc([N+](=O)[O-])c(NCCCC(N)=O)n1. The Kier molecular flexibility index (Phi) is 4.85. The van der Waals surface area contributed by atoms with Crippen LogP contribution in [0.3, 0.4) is 0 Å². The fourth-order valence-corrected chi connectivity index (χ4v) is 1.29. The number of amides is 1. The van der Waals surface area contributed by atoms with E-state index in [-0.39, 0.29) is 23.8 Å². The number of primary amides is 1. The zero-order valence-corrected chi connectivity index (χ0v) is 9.88. The predicted molar refractivity (Wildman–Crippen MR) is 64.4 cm³/mol. The number of rotatable bonds is 7. The summed E-state index contributed by atoms with van der Waals surface area (Å²) in [5.74, 6) is -0.0216. The molecule has 18 heavy (non-hydrogen) atoms. The van der Waals surface area contributed by atoms with Crippen molar-refractivity contribution >= 4 is 17.4 Å². The van der Waals surface area contributed by atoms with Crippen LogP contribution in [0, 0.1) is 10.1 Å². The van der Waals surface area contributed by atoms with Gasteiger partial charge in [-0.3, -0.25) is 14.9 Å². The number of ether oxygens (including phenoxy) is 1. The number of hydrogen-bond donors (Lipinski definition) is 2. The van der Waals surface area contributed by atoms with E-state index in [1.807, 2.05) is 0 Å². The van der Waals surface area contributed by atoms with Crippen LogP contribution in [-0.4, -0.2) is 29.5 Å². The van der Waals surface area contributed by atoms with Crippen molar-refractivity contribution in [1.82, 2.24) is 4.98 Å². The van der Waals surface area contributed by atoms with Crippen molar-refractivity contribution in [3.63, 3.8) is 0 Å². The van der Waals surface area contributed by atoms with Crippen LogP contribution in [0.25, 0.3) is 0 Å². The van der Waals surface area contributed by atoms with Gasteiger partial charge < -0.3 is 15.8 Å². The Morgan fingerprint density at radius 1 is 1.61 bits per heavy atom. The van der Waals surface area contributed by atoms with Crippen molar-refractivity contribution in [3.05, 3.63) is 22.2 Å². The molecule has 0 aliphatic rings. The average Bonchev–Trinajstić information content (AvgIpc) is 2.33. The molecule has 1 heterocycles. The highest BCUT2D eigenvalue weighted by atomic mass is 16.6. The van der Waals surface area contributed by atoms with E-state index in [2.05, 4.69) is 10.3 Å². The van der Waals surface area contributed by atoms with Crippen molar-refractivity contribution in [2.75, 3.05) is 19.0 Å². The molecule has 0 spiro atoms. The molecule has 0 unspecified atom stereocenters. The van der Waals surface area contributed by atoms with Gasteiger partial charge in [0.1, 0.15) is 0 Å². The van der Waals surface area contributed by atoms with E-state index in [1.165, 1.54) is 19.2 Å². The van der Waals surface area contributed by atoms with E-state index in [9.17, 15) is 14.9 Å². The molecular weight excluding hydrogens is 240 g/mol. The lowest BCUT2D eigenvalue weighted by Crippen LogP contribution is -2.13. The second-order valence-electron chi connectivity index (χ2n) is 3.48. The van der Waals surface area contributed by atoms with E-state index in [0.29, 0.717) is 13.0 Å².